The third kappa shape index (κ3) is 2.59. The summed E-state index contributed by atoms with van der Waals surface area (Å²) >= 11 is 3.57. The largest absolute Gasteiger partial charge is 0.383 e. The Labute approximate surface area is 132 Å². The molecule has 0 aliphatic heterocycles. The molecule has 4 heteroatoms. The molecule has 1 heterocycles. The van der Waals surface area contributed by atoms with Gasteiger partial charge in [0.15, 0.2) is 0 Å². The van der Waals surface area contributed by atoms with Crippen LogP contribution in [-0.2, 0) is 0 Å². The zero-order valence-corrected chi connectivity index (χ0v) is 13.6. The average Bonchev–Trinajstić information content (AvgIpc) is 2.46. The van der Waals surface area contributed by atoms with Crippen LogP contribution in [0.25, 0.3) is 22.0 Å². The van der Waals surface area contributed by atoms with Gasteiger partial charge in [0.05, 0.1) is 5.52 Å². The number of aromatic nitrogens is 1. The first-order valence-corrected chi connectivity index (χ1v) is 7.48. The molecule has 1 aromatic heterocycles. The average molecular weight is 342 g/mol. The van der Waals surface area contributed by atoms with Gasteiger partial charge in [-0.25, -0.2) is 4.98 Å². The minimum Gasteiger partial charge on any atom is -0.383 e. The molecular weight excluding hydrogens is 326 g/mol. The fourth-order valence-electron chi connectivity index (χ4n) is 2.34. The Hall–Kier alpha value is -2.07. The molecule has 0 unspecified atom stereocenters. The molecule has 2 N–H and O–H groups in total. The number of nitrogen functional groups attached to an aromatic ring is 1. The first-order valence-electron chi connectivity index (χ1n) is 6.69. The van der Waals surface area contributed by atoms with Crippen LogP contribution >= 0.6 is 15.9 Å². The number of benzene rings is 2. The lowest BCUT2D eigenvalue weighted by Crippen LogP contribution is -2.08. The van der Waals surface area contributed by atoms with Gasteiger partial charge < -0.3 is 10.6 Å². The summed E-state index contributed by atoms with van der Waals surface area (Å²) < 4.78 is 1.02. The van der Waals surface area contributed by atoms with E-state index in [1.807, 2.05) is 38.4 Å². The number of fused-ring (bicyclic) bond motifs is 1. The molecule has 2 aromatic carbocycles. The van der Waals surface area contributed by atoms with E-state index in [1.54, 1.807) is 0 Å². The third-order valence-corrected chi connectivity index (χ3v) is 4.20. The van der Waals surface area contributed by atoms with Crippen LogP contribution in [0.4, 0.5) is 11.5 Å². The standard InChI is InChI=1S/C17H16BrN3/c1-21(2)12-8-7-11-9-14(17(19)20-16(11)10-12)13-5-3-4-6-15(13)18/h3-10H,1-2H3,(H2,19,20). The summed E-state index contributed by atoms with van der Waals surface area (Å²) in [4.78, 5) is 6.62. The quantitative estimate of drug-likeness (QED) is 0.754. The highest BCUT2D eigenvalue weighted by Gasteiger charge is 2.10. The van der Waals surface area contributed by atoms with E-state index in [9.17, 15) is 0 Å². The predicted molar refractivity (Wildman–Crippen MR) is 93.6 cm³/mol. The molecule has 106 valence electrons. The minimum atomic E-state index is 0.547. The first kappa shape index (κ1) is 13.9. The van der Waals surface area contributed by atoms with E-state index in [4.69, 9.17) is 5.73 Å². The Kier molecular flexibility index (Phi) is 3.55. The van der Waals surface area contributed by atoms with Crippen molar-refractivity contribution in [2.75, 3.05) is 24.7 Å². The van der Waals surface area contributed by atoms with Gasteiger partial charge in [-0.2, -0.15) is 0 Å². The smallest absolute Gasteiger partial charge is 0.132 e. The molecule has 3 aromatic rings. The van der Waals surface area contributed by atoms with Gasteiger partial charge in [0.2, 0.25) is 0 Å². The Bertz CT molecular complexity index is 812. The summed E-state index contributed by atoms with van der Waals surface area (Å²) in [7, 11) is 4.03. The van der Waals surface area contributed by atoms with E-state index in [0.29, 0.717) is 5.82 Å². The van der Waals surface area contributed by atoms with Crippen molar-refractivity contribution >= 4 is 38.3 Å². The Morgan fingerprint density at radius 1 is 1.00 bits per heavy atom. The van der Waals surface area contributed by atoms with Gasteiger partial charge in [0.1, 0.15) is 5.82 Å². The van der Waals surface area contributed by atoms with Gasteiger partial charge in [0, 0.05) is 35.2 Å². The molecular formula is C17H16BrN3. The highest BCUT2D eigenvalue weighted by Crippen LogP contribution is 2.34. The van der Waals surface area contributed by atoms with Crippen molar-refractivity contribution in [2.45, 2.75) is 0 Å². The molecule has 21 heavy (non-hydrogen) atoms. The molecule has 0 saturated heterocycles. The summed E-state index contributed by atoms with van der Waals surface area (Å²) in [6.45, 7) is 0. The van der Waals surface area contributed by atoms with E-state index in [-0.39, 0.29) is 0 Å². The van der Waals surface area contributed by atoms with E-state index < -0.39 is 0 Å². The van der Waals surface area contributed by atoms with Gasteiger partial charge >= 0.3 is 0 Å². The van der Waals surface area contributed by atoms with Gasteiger partial charge in [-0.05, 0) is 29.8 Å². The summed E-state index contributed by atoms with van der Waals surface area (Å²) in [5.41, 5.74) is 10.2. The fourth-order valence-corrected chi connectivity index (χ4v) is 2.84. The topological polar surface area (TPSA) is 42.1 Å². The molecule has 0 fully saturated rings. The maximum Gasteiger partial charge on any atom is 0.132 e. The maximum absolute atomic E-state index is 6.17. The van der Waals surface area contributed by atoms with Gasteiger partial charge in [-0.15, -0.1) is 0 Å². The molecule has 0 spiro atoms. The monoisotopic (exact) mass is 341 g/mol. The van der Waals surface area contributed by atoms with Crippen LogP contribution in [0.15, 0.2) is 53.0 Å². The van der Waals surface area contributed by atoms with Crippen molar-refractivity contribution in [1.82, 2.24) is 4.98 Å². The molecule has 3 nitrogen and oxygen atoms in total. The van der Waals surface area contributed by atoms with Crippen molar-refractivity contribution in [3.63, 3.8) is 0 Å². The Balaban J connectivity index is 2.21. The van der Waals surface area contributed by atoms with Gasteiger partial charge in [-0.1, -0.05) is 40.2 Å². The van der Waals surface area contributed by atoms with Crippen LogP contribution in [0, 0.1) is 0 Å². The molecule has 0 aliphatic carbocycles. The van der Waals surface area contributed by atoms with Crippen molar-refractivity contribution in [3.8, 4) is 11.1 Å². The number of hydrogen-bond acceptors (Lipinski definition) is 3. The maximum atomic E-state index is 6.17. The normalized spacial score (nSPS) is 10.8. The van der Waals surface area contributed by atoms with Crippen molar-refractivity contribution in [1.29, 1.82) is 0 Å². The highest BCUT2D eigenvalue weighted by atomic mass is 79.9. The van der Waals surface area contributed by atoms with Crippen LogP contribution in [-0.4, -0.2) is 19.1 Å². The molecule has 0 aliphatic rings. The lowest BCUT2D eigenvalue weighted by Gasteiger charge is -2.14. The Morgan fingerprint density at radius 2 is 1.76 bits per heavy atom. The van der Waals surface area contributed by atoms with Crippen molar-refractivity contribution in [3.05, 3.63) is 53.0 Å². The SMILES string of the molecule is CN(C)c1ccc2cc(-c3ccccc3Br)c(N)nc2c1. The van der Waals surface area contributed by atoms with E-state index in [0.717, 1.165) is 32.2 Å². The van der Waals surface area contributed by atoms with Crippen molar-refractivity contribution < 1.29 is 0 Å². The molecule has 0 bridgehead atoms. The van der Waals surface area contributed by atoms with Crippen LogP contribution in [0.2, 0.25) is 0 Å². The van der Waals surface area contributed by atoms with Crippen LogP contribution in [0.5, 0.6) is 0 Å². The second-order valence-corrected chi connectivity index (χ2v) is 6.03. The fraction of sp³-hybridized carbons (Fsp3) is 0.118. The van der Waals surface area contributed by atoms with Crippen LogP contribution in [0.1, 0.15) is 0 Å². The number of hydrogen-bond donors (Lipinski definition) is 1. The lowest BCUT2D eigenvalue weighted by molar-refractivity contribution is 1.13. The summed E-state index contributed by atoms with van der Waals surface area (Å²) in [6.07, 6.45) is 0. The lowest BCUT2D eigenvalue weighted by atomic mass is 10.0. The van der Waals surface area contributed by atoms with Gasteiger partial charge in [-0.3, -0.25) is 0 Å². The number of nitrogens with zero attached hydrogens (tertiary/aromatic N) is 2. The zero-order valence-electron chi connectivity index (χ0n) is 12.0. The first-order chi connectivity index (χ1) is 10.1. The summed E-state index contributed by atoms with van der Waals surface area (Å²) in [6, 6.07) is 16.3. The number of pyridine rings is 1. The van der Waals surface area contributed by atoms with Crippen molar-refractivity contribution in [2.24, 2.45) is 0 Å². The van der Waals surface area contributed by atoms with E-state index >= 15 is 0 Å². The number of halogens is 1. The minimum absolute atomic E-state index is 0.547. The molecule has 3 rings (SSSR count). The second kappa shape index (κ2) is 5.37. The zero-order chi connectivity index (χ0) is 15.0. The van der Waals surface area contributed by atoms with Crippen LogP contribution < -0.4 is 10.6 Å². The second-order valence-electron chi connectivity index (χ2n) is 5.17. The van der Waals surface area contributed by atoms with Gasteiger partial charge in [0.25, 0.3) is 0 Å². The van der Waals surface area contributed by atoms with E-state index in [1.165, 1.54) is 0 Å². The molecule has 0 radical (unpaired) electrons. The summed E-state index contributed by atoms with van der Waals surface area (Å²) in [5.74, 6) is 0.547. The summed E-state index contributed by atoms with van der Waals surface area (Å²) in [5, 5.41) is 1.08. The van der Waals surface area contributed by atoms with E-state index in [2.05, 4.69) is 50.1 Å². The molecule has 0 saturated carbocycles. The third-order valence-electron chi connectivity index (χ3n) is 3.51. The number of nitrogens with two attached hydrogens (primary N) is 1. The number of anilines is 2. The molecule has 0 atom stereocenters. The molecule has 0 amide bonds. The highest BCUT2D eigenvalue weighted by molar-refractivity contribution is 9.10. The number of rotatable bonds is 2. The Morgan fingerprint density at radius 3 is 2.48 bits per heavy atom. The van der Waals surface area contributed by atoms with Crippen LogP contribution in [0.3, 0.4) is 0 Å². The predicted octanol–water partition coefficient (Wildman–Crippen LogP) is 4.31.